The number of carbonyl (C=O) groups is 1. The molecule has 0 bridgehead atoms. The Morgan fingerprint density at radius 2 is 2.24 bits per heavy atom. The van der Waals surface area contributed by atoms with Crippen LogP contribution < -0.4 is 11.3 Å². The minimum Gasteiger partial charge on any atom is -0.302 e. The number of rotatable bonds is 1. The average molecular weight is 305 g/mol. The molecule has 0 radical (unpaired) electrons. The summed E-state index contributed by atoms with van der Waals surface area (Å²) in [6, 6.07) is 3.65. The van der Waals surface area contributed by atoms with E-state index in [0.29, 0.717) is 17.1 Å². The van der Waals surface area contributed by atoms with Crippen molar-refractivity contribution in [2.75, 3.05) is 13.6 Å². The third-order valence-corrected chi connectivity index (χ3v) is 4.17. The van der Waals surface area contributed by atoms with Crippen LogP contribution in [0.3, 0.4) is 0 Å². The number of halogens is 1. The van der Waals surface area contributed by atoms with E-state index in [1.165, 1.54) is 0 Å². The minimum atomic E-state index is -0.296. The molecule has 5 nitrogen and oxygen atoms in total. The second-order valence-corrected chi connectivity index (χ2v) is 5.93. The maximum absolute atomic E-state index is 12.3. The van der Waals surface area contributed by atoms with Crippen LogP contribution in [0.2, 0.25) is 5.02 Å². The van der Waals surface area contributed by atoms with Gasteiger partial charge in [0.15, 0.2) is 0 Å². The first kappa shape index (κ1) is 14.3. The molecule has 0 aliphatic carbocycles. The number of pyridine rings is 1. The molecule has 0 spiro atoms. The third kappa shape index (κ3) is 2.37. The lowest BCUT2D eigenvalue weighted by atomic mass is 9.94. The topological polar surface area (TPSA) is 71.2 Å². The van der Waals surface area contributed by atoms with Crippen LogP contribution in [0.15, 0.2) is 12.1 Å². The Balaban J connectivity index is 2.40. The number of fused-ring (bicyclic) bond motifs is 2. The number of aryl methyl sites for hydroxylation is 1. The predicted octanol–water partition coefficient (Wildman–Crippen LogP) is 1.79. The number of nitrogens with two attached hydrogens (primary N) is 1. The van der Waals surface area contributed by atoms with E-state index in [9.17, 15) is 4.79 Å². The fraction of sp³-hybridized carbons (Fsp3) is 0.333. The van der Waals surface area contributed by atoms with Gasteiger partial charge in [0, 0.05) is 41.2 Å². The van der Waals surface area contributed by atoms with Gasteiger partial charge in [0.05, 0.1) is 11.1 Å². The van der Waals surface area contributed by atoms with Crippen molar-refractivity contribution in [3.05, 3.63) is 39.5 Å². The molecule has 0 fully saturated rings. The van der Waals surface area contributed by atoms with Crippen LogP contribution in [-0.2, 0) is 13.0 Å². The molecule has 6 heteroatoms. The lowest BCUT2D eigenvalue weighted by molar-refractivity contribution is 0.0953. The molecule has 1 aliphatic rings. The van der Waals surface area contributed by atoms with E-state index in [4.69, 9.17) is 22.4 Å². The van der Waals surface area contributed by atoms with Gasteiger partial charge in [0.2, 0.25) is 0 Å². The fourth-order valence-corrected chi connectivity index (χ4v) is 3.21. The molecule has 110 valence electrons. The Morgan fingerprint density at radius 1 is 1.48 bits per heavy atom. The Morgan fingerprint density at radius 3 is 2.95 bits per heavy atom. The molecule has 3 rings (SSSR count). The van der Waals surface area contributed by atoms with Gasteiger partial charge in [-0.2, -0.15) is 0 Å². The first-order chi connectivity index (χ1) is 10.0. The van der Waals surface area contributed by atoms with E-state index < -0.39 is 0 Å². The summed E-state index contributed by atoms with van der Waals surface area (Å²) >= 11 is 6.15. The van der Waals surface area contributed by atoms with E-state index in [1.54, 1.807) is 6.07 Å². The molecule has 0 atom stereocenters. The summed E-state index contributed by atoms with van der Waals surface area (Å²) in [4.78, 5) is 19.2. The zero-order chi connectivity index (χ0) is 15.1. The smallest absolute Gasteiger partial charge is 0.266 e. The standard InChI is InChI=1S/C15H17ClN4O/c1-8-5-9(16)6-10-13(15(21)19-17)11-7-20(2)4-3-12(11)18-14(8)10/h5-6H,3-4,7,17H2,1-2H3,(H,19,21). The normalized spacial score (nSPS) is 15.0. The zero-order valence-electron chi connectivity index (χ0n) is 12.0. The molecule has 0 saturated carbocycles. The first-order valence-corrected chi connectivity index (χ1v) is 7.20. The van der Waals surface area contributed by atoms with Crippen LogP contribution >= 0.6 is 11.6 Å². The molecule has 0 saturated heterocycles. The molecule has 1 aliphatic heterocycles. The van der Waals surface area contributed by atoms with E-state index in [-0.39, 0.29) is 5.91 Å². The maximum atomic E-state index is 12.3. The van der Waals surface area contributed by atoms with Crippen molar-refractivity contribution in [2.24, 2.45) is 5.84 Å². The largest absolute Gasteiger partial charge is 0.302 e. The summed E-state index contributed by atoms with van der Waals surface area (Å²) in [5, 5.41) is 1.36. The van der Waals surface area contributed by atoms with Crippen molar-refractivity contribution in [3.8, 4) is 0 Å². The number of nitrogen functional groups attached to an aromatic ring is 1. The van der Waals surface area contributed by atoms with E-state index in [0.717, 1.165) is 40.7 Å². The van der Waals surface area contributed by atoms with Gasteiger partial charge in [-0.15, -0.1) is 0 Å². The molecular weight excluding hydrogens is 288 g/mol. The Bertz CT molecular complexity index is 744. The number of amides is 1. The van der Waals surface area contributed by atoms with Gasteiger partial charge in [-0.1, -0.05) is 11.6 Å². The molecule has 1 amide bonds. The molecule has 1 aromatic carbocycles. The molecule has 3 N–H and O–H groups in total. The van der Waals surface area contributed by atoms with Crippen LogP contribution in [-0.4, -0.2) is 29.4 Å². The van der Waals surface area contributed by atoms with Gasteiger partial charge in [-0.25, -0.2) is 5.84 Å². The Hall–Kier alpha value is -1.69. The molecular formula is C15H17ClN4O. The number of hydrazine groups is 1. The number of carbonyl (C=O) groups excluding carboxylic acids is 1. The predicted molar refractivity (Wildman–Crippen MR) is 83.2 cm³/mol. The SMILES string of the molecule is Cc1cc(Cl)cc2c(C(=O)NN)c3c(nc12)CCN(C)C3. The van der Waals surface area contributed by atoms with Crippen LogP contribution in [0.1, 0.15) is 27.2 Å². The number of likely N-dealkylation sites (N-methyl/N-ethyl adjacent to an activating group) is 1. The van der Waals surface area contributed by atoms with Crippen molar-refractivity contribution in [1.29, 1.82) is 0 Å². The number of nitrogens with one attached hydrogen (secondary N) is 1. The fourth-order valence-electron chi connectivity index (χ4n) is 2.94. The van der Waals surface area contributed by atoms with Crippen molar-refractivity contribution >= 4 is 28.4 Å². The number of aromatic nitrogens is 1. The summed E-state index contributed by atoms with van der Waals surface area (Å²) in [5.41, 5.74) is 6.55. The highest BCUT2D eigenvalue weighted by atomic mass is 35.5. The van der Waals surface area contributed by atoms with Crippen molar-refractivity contribution < 1.29 is 4.79 Å². The summed E-state index contributed by atoms with van der Waals surface area (Å²) in [6.45, 7) is 3.57. The highest BCUT2D eigenvalue weighted by molar-refractivity contribution is 6.31. The van der Waals surface area contributed by atoms with Crippen molar-refractivity contribution in [2.45, 2.75) is 19.9 Å². The van der Waals surface area contributed by atoms with Crippen molar-refractivity contribution in [3.63, 3.8) is 0 Å². The van der Waals surface area contributed by atoms with Gasteiger partial charge in [-0.05, 0) is 31.7 Å². The quantitative estimate of drug-likeness (QED) is 0.479. The lowest BCUT2D eigenvalue weighted by Gasteiger charge is -2.27. The third-order valence-electron chi connectivity index (χ3n) is 3.95. The van der Waals surface area contributed by atoms with Gasteiger partial charge in [0.1, 0.15) is 0 Å². The molecule has 21 heavy (non-hydrogen) atoms. The molecule has 0 unspecified atom stereocenters. The van der Waals surface area contributed by atoms with Gasteiger partial charge in [-0.3, -0.25) is 15.2 Å². The number of hydrogen-bond acceptors (Lipinski definition) is 4. The average Bonchev–Trinajstić information content (AvgIpc) is 2.44. The summed E-state index contributed by atoms with van der Waals surface area (Å²) in [6.07, 6.45) is 0.828. The monoisotopic (exact) mass is 304 g/mol. The summed E-state index contributed by atoms with van der Waals surface area (Å²) < 4.78 is 0. The van der Waals surface area contributed by atoms with Crippen LogP contribution in [0.5, 0.6) is 0 Å². The van der Waals surface area contributed by atoms with Crippen LogP contribution in [0.4, 0.5) is 0 Å². The van der Waals surface area contributed by atoms with E-state index in [2.05, 4.69) is 10.3 Å². The number of hydrogen-bond donors (Lipinski definition) is 2. The lowest BCUT2D eigenvalue weighted by Crippen LogP contribution is -2.34. The maximum Gasteiger partial charge on any atom is 0.266 e. The van der Waals surface area contributed by atoms with Gasteiger partial charge in [0.25, 0.3) is 5.91 Å². The Labute approximate surface area is 128 Å². The summed E-state index contributed by atoms with van der Waals surface area (Å²) in [5.74, 6) is 5.08. The summed E-state index contributed by atoms with van der Waals surface area (Å²) in [7, 11) is 2.03. The van der Waals surface area contributed by atoms with E-state index in [1.807, 2.05) is 20.0 Å². The second-order valence-electron chi connectivity index (χ2n) is 5.49. The number of benzene rings is 1. The molecule has 1 aromatic heterocycles. The van der Waals surface area contributed by atoms with Gasteiger partial charge < -0.3 is 4.90 Å². The highest BCUT2D eigenvalue weighted by Gasteiger charge is 2.24. The van der Waals surface area contributed by atoms with Crippen molar-refractivity contribution in [1.82, 2.24) is 15.3 Å². The number of nitrogens with zero attached hydrogens (tertiary/aromatic N) is 2. The minimum absolute atomic E-state index is 0.296. The van der Waals surface area contributed by atoms with Crippen LogP contribution in [0, 0.1) is 6.92 Å². The van der Waals surface area contributed by atoms with Crippen LogP contribution in [0.25, 0.3) is 10.9 Å². The Kier molecular flexibility index (Phi) is 3.57. The van der Waals surface area contributed by atoms with E-state index >= 15 is 0 Å². The molecule has 2 heterocycles. The second kappa shape index (κ2) is 5.26. The highest BCUT2D eigenvalue weighted by Crippen LogP contribution is 2.31. The zero-order valence-corrected chi connectivity index (χ0v) is 12.8. The van der Waals surface area contributed by atoms with Gasteiger partial charge >= 0.3 is 0 Å². The first-order valence-electron chi connectivity index (χ1n) is 6.82. The molecule has 2 aromatic rings.